The lowest BCUT2D eigenvalue weighted by atomic mass is 10.0. The zero-order valence-electron chi connectivity index (χ0n) is 11.9. The molecule has 0 spiro atoms. The monoisotopic (exact) mass is 293 g/mol. The van der Waals surface area contributed by atoms with Crippen molar-refractivity contribution in [3.63, 3.8) is 0 Å². The number of aryl methyl sites for hydroxylation is 3. The summed E-state index contributed by atoms with van der Waals surface area (Å²) in [6.45, 7) is 3.90. The van der Waals surface area contributed by atoms with Gasteiger partial charge in [-0.3, -0.25) is 0 Å². The summed E-state index contributed by atoms with van der Waals surface area (Å²) in [7, 11) is 0. The number of aromatic nitrogens is 3. The molecule has 3 heterocycles. The molecule has 6 heteroatoms. The molecule has 5 nitrogen and oxygen atoms in total. The van der Waals surface area contributed by atoms with Crippen molar-refractivity contribution in [2.24, 2.45) is 0 Å². The molecule has 1 fully saturated rings. The Kier molecular flexibility index (Phi) is 4.10. The van der Waals surface area contributed by atoms with Crippen LogP contribution in [0.15, 0.2) is 8.94 Å². The fourth-order valence-electron chi connectivity index (χ4n) is 2.57. The van der Waals surface area contributed by atoms with E-state index in [1.807, 2.05) is 25.6 Å². The van der Waals surface area contributed by atoms with Gasteiger partial charge in [0.25, 0.3) is 0 Å². The van der Waals surface area contributed by atoms with Gasteiger partial charge in [-0.1, -0.05) is 5.16 Å². The van der Waals surface area contributed by atoms with Gasteiger partial charge in [-0.15, -0.1) is 10.2 Å². The van der Waals surface area contributed by atoms with Gasteiger partial charge in [0.1, 0.15) is 5.76 Å². The Balaban J connectivity index is 1.62. The van der Waals surface area contributed by atoms with Crippen LogP contribution in [-0.4, -0.2) is 26.9 Å². The molecule has 0 bridgehead atoms. The summed E-state index contributed by atoms with van der Waals surface area (Å²) in [5, 5.41) is 12.4. The Morgan fingerprint density at radius 1 is 1.15 bits per heavy atom. The third-order valence-corrected chi connectivity index (χ3v) is 4.87. The van der Waals surface area contributed by atoms with Crippen LogP contribution in [0.4, 0.5) is 0 Å². The van der Waals surface area contributed by atoms with Crippen LogP contribution in [0.2, 0.25) is 0 Å². The quantitative estimate of drug-likeness (QED) is 0.863. The number of hydrogen-bond acceptors (Lipinski definition) is 6. The minimum absolute atomic E-state index is 0.455. The first-order valence-electron chi connectivity index (χ1n) is 7.06. The highest BCUT2D eigenvalue weighted by Gasteiger charge is 2.21. The first kappa shape index (κ1) is 13.7. The van der Waals surface area contributed by atoms with Crippen LogP contribution in [0.1, 0.15) is 47.6 Å². The van der Waals surface area contributed by atoms with Crippen LogP contribution in [0.25, 0.3) is 0 Å². The van der Waals surface area contributed by atoms with Crippen LogP contribution in [0.5, 0.6) is 0 Å². The summed E-state index contributed by atoms with van der Waals surface area (Å²) >= 11 is 2.00. The lowest BCUT2D eigenvalue weighted by molar-refractivity contribution is 0.391. The lowest BCUT2D eigenvalue weighted by Gasteiger charge is -2.17. The van der Waals surface area contributed by atoms with Crippen LogP contribution >= 0.6 is 11.8 Å². The van der Waals surface area contributed by atoms with Crippen LogP contribution in [-0.2, 0) is 12.8 Å². The molecule has 2 aromatic heterocycles. The molecule has 0 unspecified atom stereocenters. The van der Waals surface area contributed by atoms with E-state index in [0.29, 0.717) is 5.92 Å². The Morgan fingerprint density at radius 2 is 1.95 bits per heavy atom. The smallest absolute Gasteiger partial charge is 0.219 e. The van der Waals surface area contributed by atoms with E-state index in [4.69, 9.17) is 8.94 Å². The number of nitrogens with zero attached hydrogens (tertiary/aromatic N) is 3. The van der Waals surface area contributed by atoms with Crippen LogP contribution in [0.3, 0.4) is 0 Å². The molecular formula is C14H19N3O2S. The van der Waals surface area contributed by atoms with Crippen molar-refractivity contribution in [3.05, 3.63) is 28.8 Å². The molecule has 0 saturated carbocycles. The summed E-state index contributed by atoms with van der Waals surface area (Å²) in [4.78, 5) is 0. The van der Waals surface area contributed by atoms with Gasteiger partial charge in [0.05, 0.1) is 5.69 Å². The second kappa shape index (κ2) is 5.99. The molecule has 1 aliphatic heterocycles. The first-order chi connectivity index (χ1) is 9.74. The zero-order chi connectivity index (χ0) is 13.9. The molecule has 108 valence electrons. The standard InChI is InChI=1S/C14H19N3O2S/c1-9-12(10(2)19-17-9)3-4-13-15-16-14(18-13)11-5-7-20-8-6-11/h11H,3-8H2,1-2H3. The highest BCUT2D eigenvalue weighted by atomic mass is 32.2. The summed E-state index contributed by atoms with van der Waals surface area (Å²) in [5.74, 6) is 5.27. The van der Waals surface area contributed by atoms with Gasteiger partial charge in [-0.2, -0.15) is 11.8 Å². The fourth-order valence-corrected chi connectivity index (χ4v) is 3.67. The van der Waals surface area contributed by atoms with E-state index >= 15 is 0 Å². The van der Waals surface area contributed by atoms with E-state index in [1.165, 1.54) is 11.5 Å². The van der Waals surface area contributed by atoms with Gasteiger partial charge in [-0.25, -0.2) is 0 Å². The summed E-state index contributed by atoms with van der Waals surface area (Å²) in [5.41, 5.74) is 2.10. The van der Waals surface area contributed by atoms with E-state index in [-0.39, 0.29) is 0 Å². The minimum atomic E-state index is 0.455. The third kappa shape index (κ3) is 2.90. The van der Waals surface area contributed by atoms with Crippen molar-refractivity contribution >= 4 is 11.8 Å². The maximum atomic E-state index is 5.82. The fraction of sp³-hybridized carbons (Fsp3) is 0.643. The SMILES string of the molecule is Cc1noc(C)c1CCc1nnc(C2CCSCC2)o1. The van der Waals surface area contributed by atoms with E-state index in [9.17, 15) is 0 Å². The molecule has 2 aromatic rings. The lowest BCUT2D eigenvalue weighted by Crippen LogP contribution is -2.07. The van der Waals surface area contributed by atoms with E-state index in [1.54, 1.807) is 0 Å². The Hall–Kier alpha value is -1.30. The molecule has 1 aliphatic rings. The van der Waals surface area contributed by atoms with Crippen molar-refractivity contribution in [3.8, 4) is 0 Å². The molecular weight excluding hydrogens is 274 g/mol. The predicted octanol–water partition coefficient (Wildman–Crippen LogP) is 3.07. The van der Waals surface area contributed by atoms with Crippen LogP contribution in [0, 0.1) is 13.8 Å². The van der Waals surface area contributed by atoms with Crippen molar-refractivity contribution in [2.45, 2.75) is 45.4 Å². The normalized spacial score (nSPS) is 16.7. The Bertz CT molecular complexity index is 553. The highest BCUT2D eigenvalue weighted by molar-refractivity contribution is 7.99. The molecule has 0 amide bonds. The maximum Gasteiger partial charge on any atom is 0.219 e. The highest BCUT2D eigenvalue weighted by Crippen LogP contribution is 2.30. The molecule has 1 saturated heterocycles. The van der Waals surface area contributed by atoms with Crippen molar-refractivity contribution in [1.82, 2.24) is 15.4 Å². The van der Waals surface area contributed by atoms with Gasteiger partial charge in [0.2, 0.25) is 11.8 Å². The number of hydrogen-bond donors (Lipinski definition) is 0. The third-order valence-electron chi connectivity index (χ3n) is 3.82. The van der Waals surface area contributed by atoms with Gasteiger partial charge in [0, 0.05) is 17.9 Å². The van der Waals surface area contributed by atoms with E-state index in [2.05, 4.69) is 15.4 Å². The van der Waals surface area contributed by atoms with Crippen molar-refractivity contribution in [2.75, 3.05) is 11.5 Å². The molecule has 0 aromatic carbocycles. The Labute approximate surface area is 122 Å². The average Bonchev–Trinajstić information content (AvgIpc) is 3.06. The minimum Gasteiger partial charge on any atom is -0.425 e. The van der Waals surface area contributed by atoms with Gasteiger partial charge >= 0.3 is 0 Å². The van der Waals surface area contributed by atoms with E-state index < -0.39 is 0 Å². The van der Waals surface area contributed by atoms with Crippen LogP contribution < -0.4 is 0 Å². The molecule has 20 heavy (non-hydrogen) atoms. The zero-order valence-corrected chi connectivity index (χ0v) is 12.7. The average molecular weight is 293 g/mol. The molecule has 0 aliphatic carbocycles. The predicted molar refractivity (Wildman–Crippen MR) is 77.0 cm³/mol. The van der Waals surface area contributed by atoms with Crippen molar-refractivity contribution in [1.29, 1.82) is 0 Å². The van der Waals surface area contributed by atoms with Gasteiger partial charge in [-0.05, 0) is 44.6 Å². The molecule has 3 rings (SSSR count). The number of thioether (sulfide) groups is 1. The van der Waals surface area contributed by atoms with Gasteiger partial charge in [0.15, 0.2) is 0 Å². The second-order valence-electron chi connectivity index (χ2n) is 5.22. The van der Waals surface area contributed by atoms with E-state index in [0.717, 1.165) is 54.5 Å². The largest absolute Gasteiger partial charge is 0.425 e. The topological polar surface area (TPSA) is 65.0 Å². The summed E-state index contributed by atoms with van der Waals surface area (Å²) < 4.78 is 11.0. The molecule has 0 atom stereocenters. The maximum absolute atomic E-state index is 5.82. The Morgan fingerprint density at radius 3 is 2.65 bits per heavy atom. The second-order valence-corrected chi connectivity index (χ2v) is 6.45. The number of rotatable bonds is 4. The molecule has 0 radical (unpaired) electrons. The molecule has 0 N–H and O–H groups in total. The summed E-state index contributed by atoms with van der Waals surface area (Å²) in [6.07, 6.45) is 3.88. The van der Waals surface area contributed by atoms with Crippen molar-refractivity contribution < 1.29 is 8.94 Å². The first-order valence-corrected chi connectivity index (χ1v) is 8.21. The van der Waals surface area contributed by atoms with Gasteiger partial charge < -0.3 is 8.94 Å². The summed E-state index contributed by atoms with van der Waals surface area (Å²) in [6, 6.07) is 0.